The van der Waals surface area contributed by atoms with E-state index in [-0.39, 0.29) is 24.2 Å². The van der Waals surface area contributed by atoms with E-state index in [1.807, 2.05) is 12.3 Å². The summed E-state index contributed by atoms with van der Waals surface area (Å²) in [7, 11) is 4.38. The van der Waals surface area contributed by atoms with Crippen molar-refractivity contribution in [3.63, 3.8) is 0 Å². The van der Waals surface area contributed by atoms with Gasteiger partial charge < -0.3 is 24.0 Å². The van der Waals surface area contributed by atoms with Crippen LogP contribution in [0.1, 0.15) is 22.6 Å². The number of benzene rings is 4. The standard InChI is InChI=1S/C39H32N6O/c1-22-11-5-6-12-24(22)36-40-21-30-37(41-36)43(4)39-33-32(28-14-7-9-15-29(28)45(30)39)23(2)25-17-18-27-26-13-8-10-16-31(26)46-35(27)34(25)44-20-19-42(3)38(33)44/h5-21,32-33,38-39H,2H2,1,3-4H3. The molecule has 224 valence electrons. The Kier molecular flexibility index (Phi) is 5.04. The Hall–Kier alpha value is -5.56. The molecule has 7 heteroatoms. The van der Waals surface area contributed by atoms with Crippen molar-refractivity contribution in [3.05, 3.63) is 127 Å². The van der Waals surface area contributed by atoms with E-state index in [0.717, 1.165) is 67.2 Å². The van der Waals surface area contributed by atoms with Gasteiger partial charge >= 0.3 is 0 Å². The van der Waals surface area contributed by atoms with Crippen molar-refractivity contribution in [2.24, 2.45) is 5.92 Å². The Morgan fingerprint density at radius 1 is 0.783 bits per heavy atom. The maximum absolute atomic E-state index is 6.67. The summed E-state index contributed by atoms with van der Waals surface area (Å²) in [5.74, 6) is 1.84. The molecule has 0 spiro atoms. The number of aryl methyl sites for hydroxylation is 1. The van der Waals surface area contributed by atoms with Crippen molar-refractivity contribution in [2.45, 2.75) is 25.2 Å². The highest BCUT2D eigenvalue weighted by atomic mass is 16.3. The van der Waals surface area contributed by atoms with E-state index >= 15 is 0 Å². The van der Waals surface area contributed by atoms with Gasteiger partial charge in [-0.05, 0) is 41.8 Å². The first-order valence-corrected chi connectivity index (χ1v) is 15.9. The van der Waals surface area contributed by atoms with Gasteiger partial charge in [-0.2, -0.15) is 0 Å². The summed E-state index contributed by atoms with van der Waals surface area (Å²) in [6.07, 6.45) is 6.41. The first kappa shape index (κ1) is 25.7. The second kappa shape index (κ2) is 9.01. The first-order valence-electron chi connectivity index (χ1n) is 15.9. The summed E-state index contributed by atoms with van der Waals surface area (Å²) in [5.41, 5.74) is 10.8. The van der Waals surface area contributed by atoms with Gasteiger partial charge in [0.2, 0.25) is 0 Å². The molecule has 4 atom stereocenters. The van der Waals surface area contributed by atoms with Crippen molar-refractivity contribution in [2.75, 3.05) is 28.8 Å². The lowest BCUT2D eigenvalue weighted by atomic mass is 9.72. The lowest BCUT2D eigenvalue weighted by molar-refractivity contribution is 0.208. The molecule has 4 aromatic carbocycles. The molecule has 0 saturated carbocycles. The molecule has 6 aromatic rings. The van der Waals surface area contributed by atoms with Crippen LogP contribution in [0.4, 0.5) is 22.9 Å². The van der Waals surface area contributed by atoms with Crippen LogP contribution in [-0.2, 0) is 0 Å². The molecule has 0 amide bonds. The van der Waals surface area contributed by atoms with Crippen LogP contribution in [0.15, 0.2) is 115 Å². The number of hydrogen-bond acceptors (Lipinski definition) is 7. The molecule has 0 aliphatic carbocycles. The SMILES string of the molecule is C=C1c2ccc3c(oc4ccccc43)c2N2C=CN(C)C2C2C1c1ccccc1N1c3cnc(-c4ccccc4C)nc3N(C)C21. The summed E-state index contributed by atoms with van der Waals surface area (Å²) in [5, 5.41) is 2.26. The minimum absolute atomic E-state index is 0.00299. The number of allylic oxidation sites excluding steroid dienone is 1. The smallest absolute Gasteiger partial charge is 0.161 e. The van der Waals surface area contributed by atoms with Gasteiger partial charge in [0.15, 0.2) is 17.2 Å². The van der Waals surface area contributed by atoms with Gasteiger partial charge in [-0.3, -0.25) is 0 Å². The van der Waals surface area contributed by atoms with E-state index in [1.54, 1.807) is 0 Å². The van der Waals surface area contributed by atoms with Crippen LogP contribution in [0.25, 0.3) is 38.9 Å². The molecule has 0 fully saturated rings. The molecule has 4 aliphatic heterocycles. The summed E-state index contributed by atoms with van der Waals surface area (Å²) in [6.45, 7) is 7.00. The van der Waals surface area contributed by atoms with Crippen LogP contribution in [0.2, 0.25) is 0 Å². The van der Waals surface area contributed by atoms with Gasteiger partial charge in [-0.15, -0.1) is 0 Å². The second-order valence-electron chi connectivity index (χ2n) is 13.0. The normalized spacial score (nSPS) is 22.5. The molecule has 4 aliphatic rings. The van der Waals surface area contributed by atoms with E-state index in [0.29, 0.717) is 0 Å². The molecule has 4 unspecified atom stereocenters. The monoisotopic (exact) mass is 600 g/mol. The molecule has 0 radical (unpaired) electrons. The molecule has 7 nitrogen and oxygen atoms in total. The van der Waals surface area contributed by atoms with E-state index in [2.05, 4.69) is 132 Å². The molecule has 0 bridgehead atoms. The van der Waals surface area contributed by atoms with Gasteiger partial charge in [-0.1, -0.05) is 73.3 Å². The number of furan rings is 1. The Labute approximate surface area is 267 Å². The molecular formula is C39H32N6O. The van der Waals surface area contributed by atoms with Crippen molar-refractivity contribution < 1.29 is 4.42 Å². The van der Waals surface area contributed by atoms with Crippen LogP contribution in [-0.4, -0.2) is 41.3 Å². The lowest BCUT2D eigenvalue weighted by Crippen LogP contribution is -2.58. The topological polar surface area (TPSA) is 51.9 Å². The molecule has 46 heavy (non-hydrogen) atoms. The summed E-state index contributed by atoms with van der Waals surface area (Å²) < 4.78 is 6.67. The molecule has 10 rings (SSSR count). The van der Waals surface area contributed by atoms with Crippen molar-refractivity contribution >= 4 is 50.4 Å². The fraction of sp³-hybridized carbons (Fsp3) is 0.179. The Morgan fingerprint density at radius 2 is 1.59 bits per heavy atom. The largest absolute Gasteiger partial charge is 0.454 e. The van der Waals surface area contributed by atoms with Gasteiger partial charge in [0.05, 0.1) is 11.9 Å². The number of nitrogens with zero attached hydrogens (tertiary/aromatic N) is 6. The quantitative estimate of drug-likeness (QED) is 0.188. The van der Waals surface area contributed by atoms with Gasteiger partial charge in [0.1, 0.15) is 23.6 Å². The average molecular weight is 601 g/mol. The zero-order valence-electron chi connectivity index (χ0n) is 25.9. The zero-order valence-corrected chi connectivity index (χ0v) is 25.9. The number of anilines is 4. The number of rotatable bonds is 1. The fourth-order valence-corrected chi connectivity index (χ4v) is 8.66. The fourth-order valence-electron chi connectivity index (χ4n) is 8.66. The molecule has 0 saturated heterocycles. The summed E-state index contributed by atoms with van der Waals surface area (Å²) in [6, 6.07) is 29.9. The maximum Gasteiger partial charge on any atom is 0.161 e. The highest BCUT2D eigenvalue weighted by molar-refractivity contribution is 6.11. The van der Waals surface area contributed by atoms with E-state index < -0.39 is 0 Å². The highest BCUT2D eigenvalue weighted by Gasteiger charge is 2.56. The second-order valence-corrected chi connectivity index (χ2v) is 13.0. The van der Waals surface area contributed by atoms with E-state index in [9.17, 15) is 0 Å². The third kappa shape index (κ3) is 3.17. The van der Waals surface area contributed by atoms with Crippen LogP contribution >= 0.6 is 0 Å². The predicted molar refractivity (Wildman–Crippen MR) is 185 cm³/mol. The minimum Gasteiger partial charge on any atom is -0.454 e. The Balaban J connectivity index is 1.21. The predicted octanol–water partition coefficient (Wildman–Crippen LogP) is 8.25. The van der Waals surface area contributed by atoms with Crippen LogP contribution in [0, 0.1) is 12.8 Å². The minimum atomic E-state index is -0.0246. The molecule has 6 heterocycles. The number of fused-ring (bicyclic) bond motifs is 16. The van der Waals surface area contributed by atoms with Crippen LogP contribution in [0.3, 0.4) is 0 Å². The zero-order chi connectivity index (χ0) is 30.8. The van der Waals surface area contributed by atoms with E-state index in [1.165, 1.54) is 11.3 Å². The Morgan fingerprint density at radius 3 is 2.48 bits per heavy atom. The number of aromatic nitrogens is 2. The number of para-hydroxylation sites is 2. The van der Waals surface area contributed by atoms with Gasteiger partial charge in [0, 0.05) is 65.9 Å². The lowest BCUT2D eigenvalue weighted by Gasteiger charge is -2.50. The van der Waals surface area contributed by atoms with Crippen molar-refractivity contribution in [3.8, 4) is 11.4 Å². The van der Waals surface area contributed by atoms with Gasteiger partial charge in [0.25, 0.3) is 0 Å². The highest BCUT2D eigenvalue weighted by Crippen LogP contribution is 2.60. The van der Waals surface area contributed by atoms with Crippen LogP contribution < -0.4 is 14.7 Å². The van der Waals surface area contributed by atoms with Crippen molar-refractivity contribution in [1.29, 1.82) is 0 Å². The van der Waals surface area contributed by atoms with Crippen LogP contribution in [0.5, 0.6) is 0 Å². The van der Waals surface area contributed by atoms with Gasteiger partial charge in [-0.25, -0.2) is 9.97 Å². The van der Waals surface area contributed by atoms with Crippen molar-refractivity contribution in [1.82, 2.24) is 14.9 Å². The average Bonchev–Trinajstić information content (AvgIpc) is 3.72. The maximum atomic E-state index is 6.67. The first-order chi connectivity index (χ1) is 22.5. The third-order valence-electron chi connectivity index (χ3n) is 10.7. The Bertz CT molecular complexity index is 2300. The molecule has 0 N–H and O–H groups in total. The molecular weight excluding hydrogens is 568 g/mol. The van der Waals surface area contributed by atoms with E-state index in [4.69, 9.17) is 21.0 Å². The molecule has 2 aromatic heterocycles. The number of hydrogen-bond donors (Lipinski definition) is 0. The summed E-state index contributed by atoms with van der Waals surface area (Å²) in [4.78, 5) is 19.8. The summed E-state index contributed by atoms with van der Waals surface area (Å²) >= 11 is 0. The third-order valence-corrected chi connectivity index (χ3v) is 10.7.